The van der Waals surface area contributed by atoms with Gasteiger partial charge in [-0.1, -0.05) is 43.2 Å². The molecular formula is C21H28N2O4S. The molecule has 0 saturated carbocycles. The quantitative estimate of drug-likeness (QED) is 0.647. The number of hydrogen-bond donors (Lipinski definition) is 2. The number of nitrogens with zero attached hydrogens (tertiary/aromatic N) is 2. The Hall–Kier alpha value is -2.41. The molecule has 1 unspecified atom stereocenters. The molecule has 0 bridgehead atoms. The van der Waals surface area contributed by atoms with Gasteiger partial charge in [-0.2, -0.15) is 0 Å². The van der Waals surface area contributed by atoms with E-state index in [2.05, 4.69) is 37.0 Å². The zero-order valence-corrected chi connectivity index (χ0v) is 17.6. The van der Waals surface area contributed by atoms with Crippen molar-refractivity contribution in [3.05, 3.63) is 51.0 Å². The van der Waals surface area contributed by atoms with Crippen LogP contribution in [0, 0.1) is 19.8 Å². The fraction of sp³-hybridized carbons (Fsp3) is 0.476. The molecule has 2 N–H and O–H groups in total. The van der Waals surface area contributed by atoms with Gasteiger partial charge in [-0.15, -0.1) is 11.3 Å². The lowest BCUT2D eigenvalue weighted by molar-refractivity contribution is -0.143. The SMILES string of the molecule is Cc1cc(C)cc(Cc2csc(CCN(C(=O)O)C(CC(C)C)C(=O)O)n2)c1. The number of aliphatic carboxylic acids is 1. The van der Waals surface area contributed by atoms with E-state index in [9.17, 15) is 19.8 Å². The minimum Gasteiger partial charge on any atom is -0.480 e. The van der Waals surface area contributed by atoms with E-state index in [0.29, 0.717) is 6.42 Å². The highest BCUT2D eigenvalue weighted by Crippen LogP contribution is 2.18. The maximum atomic E-state index is 11.6. The smallest absolute Gasteiger partial charge is 0.408 e. The summed E-state index contributed by atoms with van der Waals surface area (Å²) in [5.41, 5.74) is 4.58. The first-order chi connectivity index (χ1) is 13.2. The van der Waals surface area contributed by atoms with Crippen molar-refractivity contribution in [2.45, 2.75) is 53.0 Å². The Balaban J connectivity index is 2.04. The van der Waals surface area contributed by atoms with Gasteiger partial charge in [0.05, 0.1) is 10.7 Å². The Bertz CT molecular complexity index is 811. The summed E-state index contributed by atoms with van der Waals surface area (Å²) < 4.78 is 0. The zero-order valence-electron chi connectivity index (χ0n) is 16.8. The fourth-order valence-corrected chi connectivity index (χ4v) is 4.12. The molecule has 0 spiro atoms. The van der Waals surface area contributed by atoms with Gasteiger partial charge >= 0.3 is 12.1 Å². The first-order valence-electron chi connectivity index (χ1n) is 9.38. The van der Waals surface area contributed by atoms with Crippen LogP contribution in [0.4, 0.5) is 4.79 Å². The van der Waals surface area contributed by atoms with Gasteiger partial charge in [0.25, 0.3) is 0 Å². The van der Waals surface area contributed by atoms with Gasteiger partial charge in [0.1, 0.15) is 6.04 Å². The van der Waals surface area contributed by atoms with Crippen LogP contribution in [0.25, 0.3) is 0 Å². The molecule has 6 nitrogen and oxygen atoms in total. The number of rotatable bonds is 9. The second-order valence-electron chi connectivity index (χ2n) is 7.61. The Morgan fingerprint density at radius 2 is 1.79 bits per heavy atom. The second kappa shape index (κ2) is 9.68. The maximum Gasteiger partial charge on any atom is 0.408 e. The predicted octanol–water partition coefficient (Wildman–Crippen LogP) is 4.37. The van der Waals surface area contributed by atoms with Crippen molar-refractivity contribution in [2.75, 3.05) is 6.54 Å². The van der Waals surface area contributed by atoms with Crippen molar-refractivity contribution in [1.82, 2.24) is 9.88 Å². The molecule has 1 atom stereocenters. The molecular weight excluding hydrogens is 376 g/mol. The standard InChI is InChI=1S/C21H28N2O4S/c1-13(2)7-18(20(24)25)23(21(26)27)6-5-19-22-17(12-28-19)11-16-9-14(3)8-15(4)10-16/h8-10,12-13,18H,5-7,11H2,1-4H3,(H,24,25)(H,26,27). The highest BCUT2D eigenvalue weighted by molar-refractivity contribution is 7.09. The number of aryl methyl sites for hydroxylation is 2. The number of aromatic nitrogens is 1. The number of thiazole rings is 1. The molecule has 0 aliphatic rings. The van der Waals surface area contributed by atoms with Crippen molar-refractivity contribution < 1.29 is 19.8 Å². The van der Waals surface area contributed by atoms with Gasteiger partial charge in [-0.3, -0.25) is 4.90 Å². The van der Waals surface area contributed by atoms with Gasteiger partial charge in [0, 0.05) is 24.8 Å². The Labute approximate surface area is 169 Å². The van der Waals surface area contributed by atoms with Crippen LogP contribution in [0.15, 0.2) is 23.6 Å². The summed E-state index contributed by atoms with van der Waals surface area (Å²) in [6, 6.07) is 5.38. The molecule has 0 aliphatic heterocycles. The van der Waals surface area contributed by atoms with E-state index >= 15 is 0 Å². The summed E-state index contributed by atoms with van der Waals surface area (Å²) >= 11 is 1.49. The van der Waals surface area contributed by atoms with E-state index < -0.39 is 18.1 Å². The number of benzene rings is 1. The highest BCUT2D eigenvalue weighted by Gasteiger charge is 2.30. The summed E-state index contributed by atoms with van der Waals surface area (Å²) in [5.74, 6) is -1.02. The maximum absolute atomic E-state index is 11.6. The van der Waals surface area contributed by atoms with Crippen LogP contribution in [0.3, 0.4) is 0 Å². The highest BCUT2D eigenvalue weighted by atomic mass is 32.1. The van der Waals surface area contributed by atoms with Crippen molar-refractivity contribution in [1.29, 1.82) is 0 Å². The van der Waals surface area contributed by atoms with Crippen molar-refractivity contribution in [2.24, 2.45) is 5.92 Å². The molecule has 1 amide bonds. The zero-order chi connectivity index (χ0) is 20.8. The van der Waals surface area contributed by atoms with E-state index in [-0.39, 0.29) is 18.9 Å². The number of hydrogen-bond acceptors (Lipinski definition) is 4. The van der Waals surface area contributed by atoms with Crippen LogP contribution in [-0.2, 0) is 17.6 Å². The molecule has 152 valence electrons. The summed E-state index contributed by atoms with van der Waals surface area (Å²) in [4.78, 5) is 28.8. The lowest BCUT2D eigenvalue weighted by Crippen LogP contribution is -2.46. The predicted molar refractivity (Wildman–Crippen MR) is 110 cm³/mol. The van der Waals surface area contributed by atoms with Gasteiger partial charge in [0.2, 0.25) is 0 Å². The molecule has 0 radical (unpaired) electrons. The van der Waals surface area contributed by atoms with Crippen LogP contribution in [0.1, 0.15) is 47.7 Å². The molecule has 1 heterocycles. The lowest BCUT2D eigenvalue weighted by Gasteiger charge is -2.27. The molecule has 7 heteroatoms. The number of carbonyl (C=O) groups is 2. The van der Waals surface area contributed by atoms with Crippen molar-refractivity contribution >= 4 is 23.4 Å². The number of amides is 1. The van der Waals surface area contributed by atoms with E-state index in [0.717, 1.165) is 22.0 Å². The third-order valence-corrected chi connectivity index (χ3v) is 5.39. The van der Waals surface area contributed by atoms with Gasteiger partial charge < -0.3 is 10.2 Å². The summed E-state index contributed by atoms with van der Waals surface area (Å²) in [6.07, 6.45) is 0.218. The normalized spacial score (nSPS) is 12.2. The topological polar surface area (TPSA) is 90.7 Å². The molecule has 2 aromatic rings. The Morgan fingerprint density at radius 3 is 2.32 bits per heavy atom. The first kappa shape index (κ1) is 21.9. The van der Waals surface area contributed by atoms with Gasteiger partial charge in [0.15, 0.2) is 0 Å². The number of carboxylic acid groups (broad SMARTS) is 2. The first-order valence-corrected chi connectivity index (χ1v) is 10.3. The lowest BCUT2D eigenvalue weighted by atomic mass is 10.0. The summed E-state index contributed by atoms with van der Waals surface area (Å²) in [7, 11) is 0. The molecule has 28 heavy (non-hydrogen) atoms. The van der Waals surface area contributed by atoms with Crippen LogP contribution < -0.4 is 0 Å². The van der Waals surface area contributed by atoms with Crippen molar-refractivity contribution in [3.8, 4) is 0 Å². The minimum atomic E-state index is -1.21. The van der Waals surface area contributed by atoms with Crippen LogP contribution in [0.5, 0.6) is 0 Å². The molecule has 0 aliphatic carbocycles. The van der Waals surface area contributed by atoms with E-state index in [1.807, 2.05) is 19.2 Å². The summed E-state index contributed by atoms with van der Waals surface area (Å²) in [5, 5.41) is 21.7. The largest absolute Gasteiger partial charge is 0.480 e. The second-order valence-corrected chi connectivity index (χ2v) is 8.56. The monoisotopic (exact) mass is 404 g/mol. The molecule has 2 rings (SSSR count). The minimum absolute atomic E-state index is 0.0900. The van der Waals surface area contributed by atoms with Crippen LogP contribution in [-0.4, -0.2) is 44.7 Å². The summed E-state index contributed by atoms with van der Waals surface area (Å²) in [6.45, 7) is 8.03. The van der Waals surface area contributed by atoms with Crippen LogP contribution >= 0.6 is 11.3 Å². The Morgan fingerprint density at radius 1 is 1.14 bits per heavy atom. The number of carboxylic acids is 1. The van der Waals surface area contributed by atoms with E-state index in [4.69, 9.17) is 0 Å². The molecule has 0 fully saturated rings. The molecule has 1 aromatic carbocycles. The van der Waals surface area contributed by atoms with E-state index in [1.165, 1.54) is 28.0 Å². The van der Waals surface area contributed by atoms with Crippen molar-refractivity contribution in [3.63, 3.8) is 0 Å². The fourth-order valence-electron chi connectivity index (χ4n) is 3.33. The third-order valence-electron chi connectivity index (χ3n) is 4.43. The van der Waals surface area contributed by atoms with E-state index in [1.54, 1.807) is 0 Å². The van der Waals surface area contributed by atoms with Gasteiger partial charge in [-0.25, -0.2) is 14.6 Å². The average molecular weight is 405 g/mol. The molecule has 0 saturated heterocycles. The Kier molecular flexibility index (Phi) is 7.57. The third kappa shape index (κ3) is 6.34. The van der Waals surface area contributed by atoms with Gasteiger partial charge in [-0.05, 0) is 31.7 Å². The van der Waals surface area contributed by atoms with Crippen LogP contribution in [0.2, 0.25) is 0 Å². The molecule has 1 aromatic heterocycles. The average Bonchev–Trinajstić information content (AvgIpc) is 2.99.